The Balaban J connectivity index is 2.39. The number of hydrogen-bond donors (Lipinski definition) is 2. The lowest BCUT2D eigenvalue weighted by Gasteiger charge is -2.21. The average molecular weight is 248 g/mol. The molecule has 0 aliphatic carbocycles. The monoisotopic (exact) mass is 247 g/mol. The number of nitrogens with one attached hydrogen (secondary N) is 1. The Hall–Kier alpha value is -0.0900. The summed E-state index contributed by atoms with van der Waals surface area (Å²) in [6.45, 7) is 5.39. The number of rotatable bonds is 6. The Morgan fingerprint density at radius 3 is 2.73 bits per heavy atom. The molecule has 1 aromatic rings. The van der Waals surface area contributed by atoms with Gasteiger partial charge in [-0.1, -0.05) is 25.4 Å². The molecule has 2 N–H and O–H groups in total. The largest absolute Gasteiger partial charge is 0.396 e. The van der Waals surface area contributed by atoms with Gasteiger partial charge < -0.3 is 10.4 Å². The third-order valence-electron chi connectivity index (χ3n) is 2.41. The van der Waals surface area contributed by atoms with E-state index in [-0.39, 0.29) is 6.61 Å². The Bertz CT molecular complexity index is 288. The normalized spacial score (nSPS) is 13.4. The van der Waals surface area contributed by atoms with E-state index < -0.39 is 0 Å². The maximum absolute atomic E-state index is 8.93. The fourth-order valence-corrected chi connectivity index (χ4v) is 2.51. The number of hydrogen-bond acceptors (Lipinski definition) is 3. The average Bonchev–Trinajstić information content (AvgIpc) is 2.58. The molecule has 1 rings (SSSR count). The fourth-order valence-electron chi connectivity index (χ4n) is 1.49. The van der Waals surface area contributed by atoms with Crippen LogP contribution in [0.4, 0.5) is 0 Å². The number of aliphatic hydroxyl groups is 1. The highest BCUT2D eigenvalue weighted by atomic mass is 35.5. The molecule has 0 saturated heterocycles. The highest BCUT2D eigenvalue weighted by Gasteiger charge is 2.12. The van der Waals surface area contributed by atoms with E-state index in [0.717, 1.165) is 18.0 Å². The summed E-state index contributed by atoms with van der Waals surface area (Å²) in [5.41, 5.74) is 0. The minimum absolute atomic E-state index is 0.237. The zero-order valence-electron chi connectivity index (χ0n) is 9.16. The molecular formula is C11H18ClNOS. The molecule has 0 amide bonds. The van der Waals surface area contributed by atoms with E-state index in [1.54, 1.807) is 11.3 Å². The Morgan fingerprint density at radius 2 is 2.27 bits per heavy atom. The van der Waals surface area contributed by atoms with Gasteiger partial charge in [0, 0.05) is 29.5 Å². The third-order valence-corrected chi connectivity index (χ3v) is 3.69. The van der Waals surface area contributed by atoms with Gasteiger partial charge in [0.05, 0.1) is 5.02 Å². The quantitative estimate of drug-likeness (QED) is 0.810. The van der Waals surface area contributed by atoms with Crippen molar-refractivity contribution in [3.05, 3.63) is 21.3 Å². The van der Waals surface area contributed by atoms with Gasteiger partial charge in [0.1, 0.15) is 0 Å². The number of halogens is 1. The summed E-state index contributed by atoms with van der Waals surface area (Å²) in [7, 11) is 0. The molecule has 0 fully saturated rings. The molecule has 15 heavy (non-hydrogen) atoms. The van der Waals surface area contributed by atoms with E-state index in [4.69, 9.17) is 16.7 Å². The molecule has 0 aromatic carbocycles. The van der Waals surface area contributed by atoms with Crippen LogP contribution in [-0.4, -0.2) is 17.8 Å². The number of aliphatic hydroxyl groups excluding tert-OH is 1. The topological polar surface area (TPSA) is 32.3 Å². The van der Waals surface area contributed by atoms with Crippen molar-refractivity contribution in [1.82, 2.24) is 5.32 Å². The molecule has 1 aromatic heterocycles. The van der Waals surface area contributed by atoms with Crippen molar-refractivity contribution in [1.29, 1.82) is 0 Å². The van der Waals surface area contributed by atoms with Gasteiger partial charge in [0.2, 0.25) is 0 Å². The summed E-state index contributed by atoms with van der Waals surface area (Å²) < 4.78 is 0. The second-order valence-electron chi connectivity index (χ2n) is 3.97. The van der Waals surface area contributed by atoms with Crippen LogP contribution in [0, 0.1) is 5.92 Å². The summed E-state index contributed by atoms with van der Waals surface area (Å²) in [6.07, 6.45) is 0.802. The SMILES string of the molecule is CC(C)C(CCO)NCc1cc(Cl)cs1. The molecule has 1 unspecified atom stereocenters. The van der Waals surface area contributed by atoms with Crippen LogP contribution in [0.1, 0.15) is 25.1 Å². The molecule has 1 atom stereocenters. The van der Waals surface area contributed by atoms with Crippen LogP contribution in [0.25, 0.3) is 0 Å². The van der Waals surface area contributed by atoms with E-state index in [0.29, 0.717) is 12.0 Å². The van der Waals surface area contributed by atoms with Crippen molar-refractivity contribution < 1.29 is 5.11 Å². The second-order valence-corrected chi connectivity index (χ2v) is 5.41. The summed E-state index contributed by atoms with van der Waals surface area (Å²) in [5, 5.41) is 15.1. The molecule has 0 bridgehead atoms. The maximum Gasteiger partial charge on any atom is 0.0516 e. The maximum atomic E-state index is 8.93. The van der Waals surface area contributed by atoms with E-state index >= 15 is 0 Å². The van der Waals surface area contributed by atoms with E-state index in [1.807, 2.05) is 11.4 Å². The highest BCUT2D eigenvalue weighted by molar-refractivity contribution is 7.10. The van der Waals surface area contributed by atoms with Crippen molar-refractivity contribution in [3.63, 3.8) is 0 Å². The van der Waals surface area contributed by atoms with Crippen LogP contribution in [0.5, 0.6) is 0 Å². The van der Waals surface area contributed by atoms with Crippen molar-refractivity contribution >= 4 is 22.9 Å². The Kier molecular flexibility index (Phi) is 5.61. The summed E-state index contributed by atoms with van der Waals surface area (Å²) in [6, 6.07) is 2.35. The van der Waals surface area contributed by atoms with Crippen molar-refractivity contribution in [3.8, 4) is 0 Å². The first kappa shape index (κ1) is 13.0. The van der Waals surface area contributed by atoms with Crippen LogP contribution in [-0.2, 0) is 6.54 Å². The summed E-state index contributed by atoms with van der Waals surface area (Å²) in [4.78, 5) is 1.24. The van der Waals surface area contributed by atoms with Gasteiger partial charge in [-0.05, 0) is 18.4 Å². The molecule has 0 spiro atoms. The molecule has 0 saturated carbocycles. The van der Waals surface area contributed by atoms with Crippen LogP contribution in [0.2, 0.25) is 5.02 Å². The van der Waals surface area contributed by atoms with Crippen LogP contribution >= 0.6 is 22.9 Å². The fraction of sp³-hybridized carbons (Fsp3) is 0.636. The molecule has 0 aliphatic rings. The number of thiophene rings is 1. The Morgan fingerprint density at radius 1 is 1.53 bits per heavy atom. The van der Waals surface area contributed by atoms with Gasteiger partial charge in [-0.25, -0.2) is 0 Å². The molecule has 86 valence electrons. The summed E-state index contributed by atoms with van der Waals surface area (Å²) >= 11 is 7.51. The van der Waals surface area contributed by atoms with E-state index in [2.05, 4.69) is 19.2 Å². The van der Waals surface area contributed by atoms with Crippen LogP contribution in [0.3, 0.4) is 0 Å². The third kappa shape index (κ3) is 4.51. The van der Waals surface area contributed by atoms with Crippen molar-refractivity contribution in [2.24, 2.45) is 5.92 Å². The molecule has 2 nitrogen and oxygen atoms in total. The molecule has 1 heterocycles. The molecule has 0 aliphatic heterocycles. The van der Waals surface area contributed by atoms with Crippen LogP contribution in [0.15, 0.2) is 11.4 Å². The van der Waals surface area contributed by atoms with E-state index in [1.165, 1.54) is 4.88 Å². The molecule has 4 heteroatoms. The van der Waals surface area contributed by atoms with Gasteiger partial charge in [0.25, 0.3) is 0 Å². The van der Waals surface area contributed by atoms with Crippen molar-refractivity contribution in [2.45, 2.75) is 32.9 Å². The first-order valence-corrected chi connectivity index (χ1v) is 6.46. The predicted molar refractivity (Wildman–Crippen MR) is 66.5 cm³/mol. The van der Waals surface area contributed by atoms with Gasteiger partial charge in [0.15, 0.2) is 0 Å². The molecule has 0 radical (unpaired) electrons. The zero-order chi connectivity index (χ0) is 11.3. The van der Waals surface area contributed by atoms with Gasteiger partial charge in [-0.3, -0.25) is 0 Å². The van der Waals surface area contributed by atoms with Gasteiger partial charge in [-0.2, -0.15) is 0 Å². The lowest BCUT2D eigenvalue weighted by atomic mass is 10.0. The summed E-state index contributed by atoms with van der Waals surface area (Å²) in [5.74, 6) is 0.535. The minimum atomic E-state index is 0.237. The van der Waals surface area contributed by atoms with Crippen molar-refractivity contribution in [2.75, 3.05) is 6.61 Å². The first-order chi connectivity index (χ1) is 7.13. The predicted octanol–water partition coefficient (Wildman–Crippen LogP) is 2.90. The highest BCUT2D eigenvalue weighted by Crippen LogP contribution is 2.19. The van der Waals surface area contributed by atoms with Gasteiger partial charge in [-0.15, -0.1) is 11.3 Å². The minimum Gasteiger partial charge on any atom is -0.396 e. The second kappa shape index (κ2) is 6.48. The zero-order valence-corrected chi connectivity index (χ0v) is 10.7. The van der Waals surface area contributed by atoms with Crippen LogP contribution < -0.4 is 5.32 Å². The standard InChI is InChI=1S/C11H18ClNOS/c1-8(2)11(3-4-14)13-6-10-5-9(12)7-15-10/h5,7-8,11,13-14H,3-4,6H2,1-2H3. The Labute approximate surface area is 100 Å². The lowest BCUT2D eigenvalue weighted by Crippen LogP contribution is -2.33. The molecular weight excluding hydrogens is 230 g/mol. The first-order valence-electron chi connectivity index (χ1n) is 5.20. The van der Waals surface area contributed by atoms with E-state index in [9.17, 15) is 0 Å². The van der Waals surface area contributed by atoms with Gasteiger partial charge >= 0.3 is 0 Å². The lowest BCUT2D eigenvalue weighted by molar-refractivity contribution is 0.244. The smallest absolute Gasteiger partial charge is 0.0516 e.